The summed E-state index contributed by atoms with van der Waals surface area (Å²) in [7, 11) is 0. The number of hydrogen-bond acceptors (Lipinski definition) is 0. The average Bonchev–Trinajstić information content (AvgIpc) is 3.16. The van der Waals surface area contributed by atoms with Gasteiger partial charge in [-0.15, -0.1) is 6.58 Å². The molecule has 5 atom stereocenters. The van der Waals surface area contributed by atoms with Gasteiger partial charge in [-0.1, -0.05) is 69.9 Å². The molecule has 0 aromatic rings. The Labute approximate surface area is 176 Å². The van der Waals surface area contributed by atoms with Crippen molar-refractivity contribution in [2.45, 2.75) is 105 Å². The summed E-state index contributed by atoms with van der Waals surface area (Å²) in [5.41, 5.74) is 5.81. The zero-order valence-electron chi connectivity index (χ0n) is 19.4. The van der Waals surface area contributed by atoms with Crippen molar-refractivity contribution >= 4 is 0 Å². The second-order valence-electron chi connectivity index (χ2n) is 10.6. The van der Waals surface area contributed by atoms with Crippen LogP contribution < -0.4 is 0 Å². The standard InChI is InChI=1S/C28H46/c1-7-23-12-9-10-13-25(23)26-17-19-28(18-11-14-27(28)24(26)8-2)22(6)16-15-21(5)20(3)4/h7,20,22-23,25-26H,1,5,8-19H2,2-4,6H3. The molecule has 2 saturated carbocycles. The van der Waals surface area contributed by atoms with Crippen LogP contribution in [0.15, 0.2) is 36.0 Å². The molecule has 3 aliphatic rings. The van der Waals surface area contributed by atoms with Gasteiger partial charge in [0, 0.05) is 0 Å². The lowest BCUT2D eigenvalue weighted by molar-refractivity contribution is 0.130. The summed E-state index contributed by atoms with van der Waals surface area (Å²) >= 11 is 0. The minimum atomic E-state index is 0.525. The molecule has 0 heteroatoms. The van der Waals surface area contributed by atoms with Gasteiger partial charge in [0.1, 0.15) is 0 Å². The molecule has 0 amide bonds. The van der Waals surface area contributed by atoms with E-state index in [9.17, 15) is 0 Å². The molecule has 0 aromatic heterocycles. The van der Waals surface area contributed by atoms with Crippen LogP contribution in [0.4, 0.5) is 0 Å². The van der Waals surface area contributed by atoms with Crippen molar-refractivity contribution in [3.63, 3.8) is 0 Å². The normalized spacial score (nSPS) is 34.4. The quantitative estimate of drug-likeness (QED) is 0.368. The number of rotatable bonds is 8. The highest BCUT2D eigenvalue weighted by Crippen LogP contribution is 2.60. The Morgan fingerprint density at radius 3 is 2.54 bits per heavy atom. The zero-order valence-corrected chi connectivity index (χ0v) is 19.4. The van der Waals surface area contributed by atoms with Crippen LogP contribution >= 0.6 is 0 Å². The Balaban J connectivity index is 1.84. The molecule has 0 aliphatic heterocycles. The predicted molar refractivity (Wildman–Crippen MR) is 124 cm³/mol. The van der Waals surface area contributed by atoms with E-state index in [4.69, 9.17) is 0 Å². The molecule has 3 aliphatic carbocycles. The highest BCUT2D eigenvalue weighted by molar-refractivity contribution is 5.32. The molecule has 3 rings (SSSR count). The Hall–Kier alpha value is -0.780. The van der Waals surface area contributed by atoms with E-state index in [1.807, 2.05) is 11.1 Å². The first-order valence-electron chi connectivity index (χ1n) is 12.5. The minimum Gasteiger partial charge on any atom is -0.103 e. The maximum absolute atomic E-state index is 4.36. The highest BCUT2D eigenvalue weighted by Gasteiger charge is 2.48. The molecule has 2 fully saturated rings. The molecule has 0 saturated heterocycles. The zero-order chi connectivity index (χ0) is 20.3. The molecule has 0 aromatic carbocycles. The van der Waals surface area contributed by atoms with Crippen LogP contribution in [-0.2, 0) is 0 Å². The molecule has 28 heavy (non-hydrogen) atoms. The molecular formula is C28H46. The second kappa shape index (κ2) is 9.36. The maximum Gasteiger partial charge on any atom is -0.00593 e. The van der Waals surface area contributed by atoms with Gasteiger partial charge in [0.25, 0.3) is 0 Å². The van der Waals surface area contributed by atoms with E-state index in [1.54, 1.807) is 0 Å². The van der Waals surface area contributed by atoms with Crippen molar-refractivity contribution in [2.24, 2.45) is 35.0 Å². The molecule has 5 unspecified atom stereocenters. The van der Waals surface area contributed by atoms with E-state index in [1.165, 1.54) is 82.6 Å². The van der Waals surface area contributed by atoms with Gasteiger partial charge in [-0.2, -0.15) is 0 Å². The van der Waals surface area contributed by atoms with E-state index in [-0.39, 0.29) is 0 Å². The lowest BCUT2D eigenvalue weighted by atomic mass is 9.57. The van der Waals surface area contributed by atoms with Gasteiger partial charge in [0.05, 0.1) is 0 Å². The largest absolute Gasteiger partial charge is 0.103 e. The van der Waals surface area contributed by atoms with Crippen LogP contribution in [0.5, 0.6) is 0 Å². The molecule has 0 N–H and O–H groups in total. The Kier molecular flexibility index (Phi) is 7.32. The fourth-order valence-electron chi connectivity index (χ4n) is 7.23. The van der Waals surface area contributed by atoms with Crippen LogP contribution in [0.2, 0.25) is 0 Å². The summed E-state index contributed by atoms with van der Waals surface area (Å²) < 4.78 is 0. The lowest BCUT2D eigenvalue weighted by Gasteiger charge is -2.48. The summed E-state index contributed by atoms with van der Waals surface area (Å²) in [6.45, 7) is 18.2. The monoisotopic (exact) mass is 382 g/mol. The molecule has 0 nitrogen and oxygen atoms in total. The van der Waals surface area contributed by atoms with Crippen molar-refractivity contribution in [1.29, 1.82) is 0 Å². The molecule has 0 spiro atoms. The van der Waals surface area contributed by atoms with Crippen molar-refractivity contribution in [3.05, 3.63) is 36.0 Å². The van der Waals surface area contributed by atoms with Crippen molar-refractivity contribution in [3.8, 4) is 0 Å². The van der Waals surface area contributed by atoms with Gasteiger partial charge in [-0.3, -0.25) is 0 Å². The molecule has 158 valence electrons. The number of allylic oxidation sites excluding steroid dienone is 4. The predicted octanol–water partition coefficient (Wildman–Crippen LogP) is 8.89. The van der Waals surface area contributed by atoms with Crippen molar-refractivity contribution in [2.75, 3.05) is 0 Å². The molecule has 0 radical (unpaired) electrons. The molecular weight excluding hydrogens is 336 g/mol. The van der Waals surface area contributed by atoms with Crippen LogP contribution in [0.25, 0.3) is 0 Å². The van der Waals surface area contributed by atoms with Gasteiger partial charge in [-0.05, 0) is 99.2 Å². The van der Waals surface area contributed by atoms with Gasteiger partial charge >= 0.3 is 0 Å². The first kappa shape index (κ1) is 21.9. The van der Waals surface area contributed by atoms with Gasteiger partial charge in [0.2, 0.25) is 0 Å². The Morgan fingerprint density at radius 1 is 1.11 bits per heavy atom. The summed E-state index contributed by atoms with van der Waals surface area (Å²) in [4.78, 5) is 0. The van der Waals surface area contributed by atoms with E-state index in [0.29, 0.717) is 11.3 Å². The fourth-order valence-corrected chi connectivity index (χ4v) is 7.23. The first-order chi connectivity index (χ1) is 13.4. The highest BCUT2D eigenvalue weighted by atomic mass is 14.5. The first-order valence-corrected chi connectivity index (χ1v) is 12.5. The number of hydrogen-bond donors (Lipinski definition) is 0. The van der Waals surface area contributed by atoms with Crippen LogP contribution in [0.3, 0.4) is 0 Å². The summed E-state index contributed by atoms with van der Waals surface area (Å²) in [5.74, 6) is 3.94. The fraction of sp³-hybridized carbons (Fsp3) is 0.786. The van der Waals surface area contributed by atoms with Crippen LogP contribution in [0, 0.1) is 35.0 Å². The topological polar surface area (TPSA) is 0 Å². The Morgan fingerprint density at radius 2 is 1.86 bits per heavy atom. The van der Waals surface area contributed by atoms with Gasteiger partial charge < -0.3 is 0 Å². The molecule has 0 bridgehead atoms. The Bertz CT molecular complexity index is 591. The van der Waals surface area contributed by atoms with Crippen LogP contribution in [-0.4, -0.2) is 0 Å². The summed E-state index contributed by atoms with van der Waals surface area (Å²) in [6, 6.07) is 0. The SMILES string of the molecule is C=CC1CCCCC1C1CCC2(C(C)CCC(=C)C(C)C)CCCC2=C1CC. The van der Waals surface area contributed by atoms with Gasteiger partial charge in [-0.25, -0.2) is 0 Å². The van der Waals surface area contributed by atoms with Crippen molar-refractivity contribution in [1.82, 2.24) is 0 Å². The summed E-state index contributed by atoms with van der Waals surface area (Å²) in [6.07, 6.45) is 19.0. The van der Waals surface area contributed by atoms with Gasteiger partial charge in [0.15, 0.2) is 0 Å². The molecule has 0 heterocycles. The average molecular weight is 383 g/mol. The second-order valence-corrected chi connectivity index (χ2v) is 10.6. The van der Waals surface area contributed by atoms with E-state index in [0.717, 1.165) is 23.7 Å². The van der Waals surface area contributed by atoms with E-state index in [2.05, 4.69) is 46.9 Å². The number of fused-ring (bicyclic) bond motifs is 1. The third kappa shape index (κ3) is 4.08. The summed E-state index contributed by atoms with van der Waals surface area (Å²) in [5, 5.41) is 0. The lowest BCUT2D eigenvalue weighted by Crippen LogP contribution is -2.37. The van der Waals surface area contributed by atoms with Crippen LogP contribution in [0.1, 0.15) is 105 Å². The van der Waals surface area contributed by atoms with E-state index < -0.39 is 0 Å². The van der Waals surface area contributed by atoms with Crippen molar-refractivity contribution < 1.29 is 0 Å². The van der Waals surface area contributed by atoms with E-state index >= 15 is 0 Å². The smallest absolute Gasteiger partial charge is 0.00593 e. The third-order valence-corrected chi connectivity index (χ3v) is 9.12. The minimum absolute atomic E-state index is 0.525. The maximum atomic E-state index is 4.36. The third-order valence-electron chi connectivity index (χ3n) is 9.12.